The molecule has 0 aliphatic carbocycles. The molecule has 3 rings (SSSR count). The van der Waals surface area contributed by atoms with Gasteiger partial charge in [0, 0.05) is 24.7 Å². The quantitative estimate of drug-likeness (QED) is 0.818. The molecule has 2 aromatic rings. The molecule has 0 radical (unpaired) electrons. The van der Waals surface area contributed by atoms with Gasteiger partial charge in [0.25, 0.3) is 5.91 Å². The van der Waals surface area contributed by atoms with Gasteiger partial charge >= 0.3 is 0 Å². The normalized spacial score (nSPS) is 13.7. The van der Waals surface area contributed by atoms with Crippen molar-refractivity contribution in [2.24, 2.45) is 0 Å². The van der Waals surface area contributed by atoms with Gasteiger partial charge in [0.1, 0.15) is 5.75 Å². The van der Waals surface area contributed by atoms with Crippen LogP contribution in [0.5, 0.6) is 5.75 Å². The number of nitrogens with zero attached hydrogens (tertiary/aromatic N) is 1. The van der Waals surface area contributed by atoms with E-state index in [9.17, 15) is 9.59 Å². The Labute approximate surface area is 135 Å². The molecule has 2 aromatic carbocycles. The maximum absolute atomic E-state index is 12.7. The van der Waals surface area contributed by atoms with Crippen molar-refractivity contribution in [3.8, 4) is 16.9 Å². The molecule has 1 aliphatic rings. The lowest BCUT2D eigenvalue weighted by Gasteiger charge is -2.27. The Bertz CT molecular complexity index is 778. The van der Waals surface area contributed by atoms with Crippen LogP contribution in [0.3, 0.4) is 0 Å². The van der Waals surface area contributed by atoms with Crippen LogP contribution in [0.2, 0.25) is 0 Å². The topological polar surface area (TPSA) is 46.6 Å². The van der Waals surface area contributed by atoms with Crippen LogP contribution in [0.15, 0.2) is 36.4 Å². The van der Waals surface area contributed by atoms with E-state index in [0.717, 1.165) is 29.7 Å². The molecule has 0 spiro atoms. The number of hydrogen-bond donors (Lipinski definition) is 0. The Morgan fingerprint density at radius 3 is 2.39 bits per heavy atom. The lowest BCUT2D eigenvalue weighted by molar-refractivity contribution is 0.0781. The molecule has 0 bridgehead atoms. The second-order valence-electron chi connectivity index (χ2n) is 5.79. The zero-order valence-electron chi connectivity index (χ0n) is 13.6. The number of methoxy groups -OCH3 is 1. The van der Waals surface area contributed by atoms with Gasteiger partial charge in [-0.1, -0.05) is 30.3 Å². The summed E-state index contributed by atoms with van der Waals surface area (Å²) in [5.41, 5.74) is 4.08. The monoisotopic (exact) mass is 309 g/mol. The molecule has 0 saturated carbocycles. The fourth-order valence-electron chi connectivity index (χ4n) is 2.99. The molecule has 0 aromatic heterocycles. The average molecular weight is 309 g/mol. The molecule has 0 N–H and O–H groups in total. The molecule has 118 valence electrons. The van der Waals surface area contributed by atoms with Crippen molar-refractivity contribution >= 4 is 11.7 Å². The van der Waals surface area contributed by atoms with Crippen LogP contribution in [0.25, 0.3) is 11.1 Å². The first-order chi connectivity index (χ1) is 11.0. The molecule has 1 aliphatic heterocycles. The van der Waals surface area contributed by atoms with Crippen LogP contribution >= 0.6 is 0 Å². The maximum Gasteiger partial charge on any atom is 0.254 e. The summed E-state index contributed by atoms with van der Waals surface area (Å²) in [6.07, 6.45) is 0.833. The Morgan fingerprint density at radius 2 is 1.78 bits per heavy atom. The smallest absolute Gasteiger partial charge is 0.254 e. The van der Waals surface area contributed by atoms with Gasteiger partial charge in [0.2, 0.25) is 0 Å². The summed E-state index contributed by atoms with van der Waals surface area (Å²) in [7, 11) is 3.42. The van der Waals surface area contributed by atoms with E-state index in [4.69, 9.17) is 4.74 Å². The first kappa shape index (κ1) is 15.3. The van der Waals surface area contributed by atoms with Crippen LogP contribution in [0, 0.1) is 0 Å². The van der Waals surface area contributed by atoms with Crippen molar-refractivity contribution < 1.29 is 14.3 Å². The van der Waals surface area contributed by atoms with E-state index in [1.54, 1.807) is 31.1 Å². The Hall–Kier alpha value is -2.62. The van der Waals surface area contributed by atoms with E-state index in [-0.39, 0.29) is 11.7 Å². The molecule has 0 fully saturated rings. The number of rotatable bonds is 3. The molecule has 4 heteroatoms. The van der Waals surface area contributed by atoms with Gasteiger partial charge in [-0.3, -0.25) is 9.59 Å². The predicted octanol–water partition coefficient (Wildman–Crippen LogP) is 3.19. The van der Waals surface area contributed by atoms with Crippen LogP contribution in [0.4, 0.5) is 0 Å². The molecule has 1 amide bonds. The SMILES string of the molecule is COc1ccc2c(c1-c1ccc(C(C)=O)cc1)C(=O)N(C)CC2. The summed E-state index contributed by atoms with van der Waals surface area (Å²) in [6.45, 7) is 2.26. The summed E-state index contributed by atoms with van der Waals surface area (Å²) < 4.78 is 5.49. The van der Waals surface area contributed by atoms with Gasteiger partial charge in [-0.25, -0.2) is 0 Å². The number of carbonyl (C=O) groups is 2. The third kappa shape index (κ3) is 2.61. The highest BCUT2D eigenvalue weighted by Crippen LogP contribution is 2.37. The highest BCUT2D eigenvalue weighted by atomic mass is 16.5. The van der Waals surface area contributed by atoms with Gasteiger partial charge in [-0.2, -0.15) is 0 Å². The largest absolute Gasteiger partial charge is 0.496 e. The third-order valence-electron chi connectivity index (χ3n) is 4.33. The Morgan fingerprint density at radius 1 is 1.09 bits per heavy atom. The van der Waals surface area contributed by atoms with E-state index < -0.39 is 0 Å². The van der Waals surface area contributed by atoms with Crippen molar-refractivity contribution in [1.82, 2.24) is 4.90 Å². The van der Waals surface area contributed by atoms with Crippen molar-refractivity contribution in [2.45, 2.75) is 13.3 Å². The van der Waals surface area contributed by atoms with Crippen molar-refractivity contribution in [3.63, 3.8) is 0 Å². The van der Waals surface area contributed by atoms with Gasteiger partial charge < -0.3 is 9.64 Å². The zero-order chi connectivity index (χ0) is 16.6. The van der Waals surface area contributed by atoms with E-state index in [1.807, 2.05) is 31.3 Å². The summed E-state index contributed by atoms with van der Waals surface area (Å²) in [6, 6.07) is 11.2. The number of benzene rings is 2. The lowest BCUT2D eigenvalue weighted by Crippen LogP contribution is -2.34. The second-order valence-corrected chi connectivity index (χ2v) is 5.79. The second kappa shape index (κ2) is 5.88. The maximum atomic E-state index is 12.7. The lowest BCUT2D eigenvalue weighted by atomic mass is 9.89. The number of likely N-dealkylation sites (N-methyl/N-ethyl adjacent to an activating group) is 1. The fourth-order valence-corrected chi connectivity index (χ4v) is 2.99. The van der Waals surface area contributed by atoms with Crippen molar-refractivity contribution in [1.29, 1.82) is 0 Å². The summed E-state index contributed by atoms with van der Waals surface area (Å²) >= 11 is 0. The zero-order valence-corrected chi connectivity index (χ0v) is 13.6. The van der Waals surface area contributed by atoms with Crippen LogP contribution in [-0.4, -0.2) is 37.3 Å². The summed E-state index contributed by atoms with van der Waals surface area (Å²) in [5, 5.41) is 0. The number of ether oxygens (including phenoxy) is 1. The molecular formula is C19H19NO3. The Balaban J connectivity index is 2.21. The van der Waals surface area contributed by atoms with E-state index in [0.29, 0.717) is 16.9 Å². The molecule has 23 heavy (non-hydrogen) atoms. The van der Waals surface area contributed by atoms with Gasteiger partial charge in [-0.05, 0) is 30.5 Å². The molecule has 0 atom stereocenters. The highest BCUT2D eigenvalue weighted by Gasteiger charge is 2.27. The van der Waals surface area contributed by atoms with Crippen LogP contribution in [-0.2, 0) is 6.42 Å². The third-order valence-corrected chi connectivity index (χ3v) is 4.33. The van der Waals surface area contributed by atoms with Crippen molar-refractivity contribution in [3.05, 3.63) is 53.1 Å². The van der Waals surface area contributed by atoms with E-state index in [1.165, 1.54) is 0 Å². The Kier molecular flexibility index (Phi) is 3.90. The summed E-state index contributed by atoms with van der Waals surface area (Å²) in [4.78, 5) is 25.9. The van der Waals surface area contributed by atoms with E-state index in [2.05, 4.69) is 0 Å². The number of ketones is 1. The van der Waals surface area contributed by atoms with Crippen LogP contribution in [0.1, 0.15) is 33.2 Å². The fraction of sp³-hybridized carbons (Fsp3) is 0.263. The number of carbonyl (C=O) groups excluding carboxylic acids is 2. The molecule has 0 saturated heterocycles. The first-order valence-corrected chi connectivity index (χ1v) is 7.59. The van der Waals surface area contributed by atoms with Crippen LogP contribution < -0.4 is 4.74 Å². The highest BCUT2D eigenvalue weighted by molar-refractivity contribution is 6.05. The van der Waals surface area contributed by atoms with Gasteiger partial charge in [0.05, 0.1) is 12.7 Å². The first-order valence-electron chi connectivity index (χ1n) is 7.59. The minimum atomic E-state index is 0.00999. The molecule has 0 unspecified atom stereocenters. The number of hydrogen-bond acceptors (Lipinski definition) is 3. The number of fused-ring (bicyclic) bond motifs is 1. The predicted molar refractivity (Wildman–Crippen MR) is 89.1 cm³/mol. The average Bonchev–Trinajstić information content (AvgIpc) is 2.57. The number of amides is 1. The molecular weight excluding hydrogens is 290 g/mol. The van der Waals surface area contributed by atoms with Gasteiger partial charge in [0.15, 0.2) is 5.78 Å². The van der Waals surface area contributed by atoms with Crippen molar-refractivity contribution in [2.75, 3.05) is 20.7 Å². The van der Waals surface area contributed by atoms with Gasteiger partial charge in [-0.15, -0.1) is 0 Å². The minimum absolute atomic E-state index is 0.00999. The minimum Gasteiger partial charge on any atom is -0.496 e. The molecule has 4 nitrogen and oxygen atoms in total. The summed E-state index contributed by atoms with van der Waals surface area (Å²) in [5.74, 6) is 0.702. The molecule has 1 heterocycles. The standard InChI is InChI=1S/C19H19NO3/c1-12(21)13-4-6-14(7-5-13)17-16(23-3)9-8-15-10-11-20(2)19(22)18(15)17/h4-9H,10-11H2,1-3H3. The number of Topliss-reactive ketones (excluding diaryl/α,β-unsaturated/α-hetero) is 1. The van der Waals surface area contributed by atoms with E-state index >= 15 is 0 Å².